The molecule has 1 aliphatic rings. The molecule has 138 valence electrons. The van der Waals surface area contributed by atoms with E-state index in [1.54, 1.807) is 18.5 Å². The third-order valence-corrected chi connectivity index (χ3v) is 4.77. The van der Waals surface area contributed by atoms with Gasteiger partial charge < -0.3 is 10.6 Å². The zero-order valence-corrected chi connectivity index (χ0v) is 14.7. The zero-order chi connectivity index (χ0) is 18.4. The van der Waals surface area contributed by atoms with E-state index < -0.39 is 11.9 Å². The largest absolute Gasteiger partial charge is 0.432 e. The number of hydrogen-bond acceptors (Lipinski definition) is 5. The lowest BCUT2D eigenvalue weighted by Crippen LogP contribution is -2.30. The van der Waals surface area contributed by atoms with Crippen LogP contribution in [0.5, 0.6) is 0 Å². The maximum atomic E-state index is 12.8. The standard InChI is InChI=1S/C16H21F3N4OS/c1-10(14(24)23-15-22-8-9-25-15)6-7-21-12-5-3-2-4-11(12)13(20)16(17,18)19/h8-10,20-21H,2-7H2,1H3,(H,22,23,24). The number of alkyl halides is 3. The van der Waals surface area contributed by atoms with E-state index in [0.717, 1.165) is 6.42 Å². The number of carbonyl (C=O) groups excluding carboxylic acids is 1. The van der Waals surface area contributed by atoms with Gasteiger partial charge in [-0.15, -0.1) is 11.3 Å². The molecular weight excluding hydrogens is 353 g/mol. The first-order chi connectivity index (χ1) is 11.8. The second-order valence-electron chi connectivity index (χ2n) is 5.98. The Balaban J connectivity index is 1.89. The van der Waals surface area contributed by atoms with Gasteiger partial charge in [0.15, 0.2) is 5.13 Å². The number of hydrogen-bond donors (Lipinski definition) is 3. The van der Waals surface area contributed by atoms with Crippen LogP contribution < -0.4 is 10.6 Å². The molecule has 0 saturated carbocycles. The van der Waals surface area contributed by atoms with Crippen molar-refractivity contribution in [1.82, 2.24) is 10.3 Å². The third-order valence-electron chi connectivity index (χ3n) is 4.08. The minimum absolute atomic E-state index is 0.0543. The van der Waals surface area contributed by atoms with E-state index in [4.69, 9.17) is 5.41 Å². The van der Waals surface area contributed by atoms with Crippen molar-refractivity contribution in [3.8, 4) is 0 Å². The summed E-state index contributed by atoms with van der Waals surface area (Å²) in [4.78, 5) is 16.0. The number of rotatable bonds is 7. The average molecular weight is 374 g/mol. The number of allylic oxidation sites excluding steroid dienone is 2. The second-order valence-corrected chi connectivity index (χ2v) is 6.87. The van der Waals surface area contributed by atoms with Gasteiger partial charge in [0.05, 0.1) is 0 Å². The SMILES string of the molecule is CC(CCNC1=C(C(=N)C(F)(F)F)CCCC1)C(=O)Nc1nccs1. The fourth-order valence-electron chi connectivity index (χ4n) is 2.63. The van der Waals surface area contributed by atoms with Gasteiger partial charge in [0.1, 0.15) is 5.71 Å². The van der Waals surface area contributed by atoms with Crippen LogP contribution >= 0.6 is 11.3 Å². The Kier molecular flexibility index (Phi) is 6.57. The monoisotopic (exact) mass is 374 g/mol. The molecule has 5 nitrogen and oxygen atoms in total. The van der Waals surface area contributed by atoms with Crippen molar-refractivity contribution in [2.45, 2.75) is 45.2 Å². The van der Waals surface area contributed by atoms with E-state index in [1.165, 1.54) is 11.3 Å². The van der Waals surface area contributed by atoms with E-state index >= 15 is 0 Å². The van der Waals surface area contributed by atoms with Crippen LogP contribution in [0.1, 0.15) is 39.0 Å². The van der Waals surface area contributed by atoms with E-state index in [2.05, 4.69) is 15.6 Å². The van der Waals surface area contributed by atoms with Gasteiger partial charge in [0.2, 0.25) is 5.91 Å². The predicted octanol–water partition coefficient (Wildman–Crippen LogP) is 4.11. The molecule has 2 rings (SSSR count). The van der Waals surface area contributed by atoms with E-state index in [-0.39, 0.29) is 23.8 Å². The van der Waals surface area contributed by atoms with Crippen LogP contribution in [-0.4, -0.2) is 29.3 Å². The number of thiazole rings is 1. The highest BCUT2D eigenvalue weighted by atomic mass is 32.1. The lowest BCUT2D eigenvalue weighted by Gasteiger charge is -2.23. The molecule has 25 heavy (non-hydrogen) atoms. The van der Waals surface area contributed by atoms with Crippen molar-refractivity contribution >= 4 is 28.1 Å². The van der Waals surface area contributed by atoms with Crippen molar-refractivity contribution in [1.29, 1.82) is 5.41 Å². The minimum Gasteiger partial charge on any atom is -0.388 e. The van der Waals surface area contributed by atoms with Gasteiger partial charge in [-0.3, -0.25) is 10.2 Å². The van der Waals surface area contributed by atoms with E-state index in [0.29, 0.717) is 36.6 Å². The molecule has 1 aromatic rings. The summed E-state index contributed by atoms with van der Waals surface area (Å²) in [7, 11) is 0. The van der Waals surface area contributed by atoms with E-state index in [1.807, 2.05) is 0 Å². The van der Waals surface area contributed by atoms with Crippen LogP contribution in [0.25, 0.3) is 0 Å². The lowest BCUT2D eigenvalue weighted by molar-refractivity contribution is -0.119. The van der Waals surface area contributed by atoms with Gasteiger partial charge in [-0.25, -0.2) is 4.98 Å². The molecule has 0 aromatic carbocycles. The van der Waals surface area contributed by atoms with Crippen LogP contribution in [0, 0.1) is 11.3 Å². The molecule has 1 unspecified atom stereocenters. The number of nitrogens with zero attached hydrogens (tertiary/aromatic N) is 1. The van der Waals surface area contributed by atoms with Crippen LogP contribution in [0.2, 0.25) is 0 Å². The second kappa shape index (κ2) is 8.46. The normalized spacial score (nSPS) is 16.5. The van der Waals surface area contributed by atoms with Gasteiger partial charge >= 0.3 is 6.18 Å². The Morgan fingerprint density at radius 3 is 2.76 bits per heavy atom. The molecule has 0 radical (unpaired) electrons. The summed E-state index contributed by atoms with van der Waals surface area (Å²) in [6.45, 7) is 2.15. The van der Waals surface area contributed by atoms with Crippen LogP contribution in [0.4, 0.5) is 18.3 Å². The van der Waals surface area contributed by atoms with Crippen molar-refractivity contribution in [2.24, 2.45) is 5.92 Å². The first-order valence-corrected chi connectivity index (χ1v) is 8.99. The van der Waals surface area contributed by atoms with Crippen molar-refractivity contribution in [3.63, 3.8) is 0 Å². The molecule has 0 spiro atoms. The van der Waals surface area contributed by atoms with Crippen LogP contribution in [0.15, 0.2) is 22.8 Å². The molecule has 1 aromatic heterocycles. The first-order valence-electron chi connectivity index (χ1n) is 8.11. The summed E-state index contributed by atoms with van der Waals surface area (Å²) in [5, 5.41) is 15.4. The van der Waals surface area contributed by atoms with Gasteiger partial charge in [0, 0.05) is 35.3 Å². The zero-order valence-electron chi connectivity index (χ0n) is 13.9. The molecular formula is C16H21F3N4OS. The summed E-state index contributed by atoms with van der Waals surface area (Å²) in [6.07, 6.45) is -0.316. The Morgan fingerprint density at radius 1 is 1.40 bits per heavy atom. The summed E-state index contributed by atoms with van der Waals surface area (Å²) in [6, 6.07) is 0. The third kappa shape index (κ3) is 5.55. The van der Waals surface area contributed by atoms with Crippen molar-refractivity contribution < 1.29 is 18.0 Å². The highest BCUT2D eigenvalue weighted by Gasteiger charge is 2.38. The highest BCUT2D eigenvalue weighted by Crippen LogP contribution is 2.30. The smallest absolute Gasteiger partial charge is 0.388 e. The number of halogens is 3. The fraction of sp³-hybridized carbons (Fsp3) is 0.562. The maximum absolute atomic E-state index is 12.8. The molecule has 1 heterocycles. The molecule has 1 aliphatic carbocycles. The number of amides is 1. The number of carbonyl (C=O) groups is 1. The summed E-state index contributed by atoms with van der Waals surface area (Å²) in [5.41, 5.74) is -0.719. The molecule has 1 atom stereocenters. The van der Waals surface area contributed by atoms with Crippen LogP contribution in [0.3, 0.4) is 0 Å². The number of anilines is 1. The van der Waals surface area contributed by atoms with Crippen molar-refractivity contribution in [3.05, 3.63) is 22.8 Å². The molecule has 0 aliphatic heterocycles. The topological polar surface area (TPSA) is 77.9 Å². The van der Waals surface area contributed by atoms with Crippen LogP contribution in [-0.2, 0) is 4.79 Å². The molecule has 1 amide bonds. The Labute approximate surface area is 148 Å². The molecule has 9 heteroatoms. The number of nitrogens with one attached hydrogen (secondary N) is 3. The Hall–Kier alpha value is -1.90. The molecule has 0 saturated heterocycles. The Bertz CT molecular complexity index is 640. The number of aromatic nitrogens is 1. The van der Waals surface area contributed by atoms with Gasteiger partial charge in [-0.2, -0.15) is 13.2 Å². The minimum atomic E-state index is -4.62. The molecule has 3 N–H and O–H groups in total. The van der Waals surface area contributed by atoms with E-state index in [9.17, 15) is 18.0 Å². The van der Waals surface area contributed by atoms with Crippen molar-refractivity contribution in [2.75, 3.05) is 11.9 Å². The summed E-state index contributed by atoms with van der Waals surface area (Å²) in [5.74, 6) is -0.469. The first kappa shape index (κ1) is 19.4. The van der Waals surface area contributed by atoms with Gasteiger partial charge in [0.25, 0.3) is 0 Å². The lowest BCUT2D eigenvalue weighted by atomic mass is 9.92. The molecule has 0 fully saturated rings. The highest BCUT2D eigenvalue weighted by molar-refractivity contribution is 7.13. The van der Waals surface area contributed by atoms with Gasteiger partial charge in [-0.05, 0) is 32.1 Å². The molecule has 0 bridgehead atoms. The fourth-order valence-corrected chi connectivity index (χ4v) is 3.16. The summed E-state index contributed by atoms with van der Waals surface area (Å²) < 4.78 is 38.4. The quantitative estimate of drug-likeness (QED) is 0.629. The Morgan fingerprint density at radius 2 is 2.12 bits per heavy atom. The predicted molar refractivity (Wildman–Crippen MR) is 91.8 cm³/mol. The van der Waals surface area contributed by atoms with Gasteiger partial charge in [-0.1, -0.05) is 6.92 Å². The maximum Gasteiger partial charge on any atom is 0.432 e. The summed E-state index contributed by atoms with van der Waals surface area (Å²) >= 11 is 1.32. The average Bonchev–Trinajstić information content (AvgIpc) is 3.06.